The van der Waals surface area contributed by atoms with Crippen molar-refractivity contribution in [1.82, 2.24) is 9.97 Å². The topological polar surface area (TPSA) is 99.0 Å². The molecule has 0 bridgehead atoms. The number of esters is 1. The minimum atomic E-state index is -0.310. The Morgan fingerprint density at radius 3 is 2.79 bits per heavy atom. The van der Waals surface area contributed by atoms with Crippen LogP contribution in [-0.2, 0) is 9.53 Å². The smallest absolute Gasteiger partial charge is 0.309 e. The predicted molar refractivity (Wildman–Crippen MR) is 88.8 cm³/mol. The van der Waals surface area contributed by atoms with Gasteiger partial charge in [0.1, 0.15) is 18.2 Å². The molecule has 0 spiro atoms. The van der Waals surface area contributed by atoms with Crippen LogP contribution in [0.5, 0.6) is 0 Å². The number of fused-ring (bicyclic) bond motifs is 1. The first-order valence-electron chi connectivity index (χ1n) is 8.13. The third kappa shape index (κ3) is 3.40. The molecule has 2 N–H and O–H groups in total. The number of nitriles is 1. The van der Waals surface area contributed by atoms with Crippen LogP contribution in [0.15, 0.2) is 30.0 Å². The number of ether oxygens (including phenoxy) is 1. The molecular formula is C18H19N3O3. The molecule has 1 saturated carbocycles. The number of aromatic nitrogens is 2. The predicted octanol–water partition coefficient (Wildman–Crippen LogP) is 3.48. The standard InChI is InChI=1S/C18H19N3O3/c19-10-13(17-20-14-8-4-5-9-15(14)21-17)16(22)11-24-18(23)12-6-2-1-3-7-12/h4-5,8-9,12,22H,1-3,6-7,11H2,(H,20,21). The summed E-state index contributed by atoms with van der Waals surface area (Å²) in [7, 11) is 0. The first-order chi connectivity index (χ1) is 11.7. The van der Waals surface area contributed by atoms with Gasteiger partial charge in [0, 0.05) is 0 Å². The molecule has 24 heavy (non-hydrogen) atoms. The maximum atomic E-state index is 12.0. The van der Waals surface area contributed by atoms with Gasteiger partial charge >= 0.3 is 5.97 Å². The van der Waals surface area contributed by atoms with E-state index in [-0.39, 0.29) is 35.7 Å². The van der Waals surface area contributed by atoms with Gasteiger partial charge in [0.05, 0.1) is 17.0 Å². The number of carbonyl (C=O) groups excluding carboxylic acids is 1. The summed E-state index contributed by atoms with van der Waals surface area (Å²) in [6.07, 6.45) is 4.88. The van der Waals surface area contributed by atoms with Crippen molar-refractivity contribution >= 4 is 22.6 Å². The van der Waals surface area contributed by atoms with E-state index in [0.29, 0.717) is 5.52 Å². The molecule has 6 nitrogen and oxygen atoms in total. The zero-order valence-corrected chi connectivity index (χ0v) is 13.3. The molecule has 0 amide bonds. The van der Waals surface area contributed by atoms with Crippen molar-refractivity contribution in [3.8, 4) is 6.07 Å². The molecule has 1 aliphatic rings. The fraction of sp³-hybridized carbons (Fsp3) is 0.389. The van der Waals surface area contributed by atoms with Crippen LogP contribution in [0.4, 0.5) is 0 Å². The molecule has 124 valence electrons. The van der Waals surface area contributed by atoms with Crippen LogP contribution >= 0.6 is 0 Å². The maximum Gasteiger partial charge on any atom is 0.309 e. The van der Waals surface area contributed by atoms with Gasteiger partial charge in [-0.05, 0) is 25.0 Å². The molecule has 1 fully saturated rings. The number of nitrogens with zero attached hydrogens (tertiary/aromatic N) is 2. The molecule has 0 radical (unpaired) electrons. The molecule has 1 heterocycles. The first-order valence-corrected chi connectivity index (χ1v) is 8.13. The highest BCUT2D eigenvalue weighted by atomic mass is 16.5. The van der Waals surface area contributed by atoms with Gasteiger partial charge in [-0.25, -0.2) is 4.98 Å². The van der Waals surface area contributed by atoms with E-state index in [0.717, 1.165) is 37.6 Å². The van der Waals surface area contributed by atoms with Crippen molar-refractivity contribution in [2.75, 3.05) is 6.61 Å². The van der Waals surface area contributed by atoms with Crippen molar-refractivity contribution in [2.45, 2.75) is 32.1 Å². The average Bonchev–Trinajstić information content (AvgIpc) is 3.04. The van der Waals surface area contributed by atoms with Gasteiger partial charge < -0.3 is 14.8 Å². The second-order valence-corrected chi connectivity index (χ2v) is 5.98. The minimum Gasteiger partial charge on any atom is -0.507 e. The van der Waals surface area contributed by atoms with Gasteiger partial charge in [-0.1, -0.05) is 31.4 Å². The third-order valence-corrected chi connectivity index (χ3v) is 4.32. The number of aliphatic hydroxyl groups is 1. The number of hydrogen-bond acceptors (Lipinski definition) is 5. The van der Waals surface area contributed by atoms with Crippen molar-refractivity contribution in [3.63, 3.8) is 0 Å². The Labute approximate surface area is 139 Å². The van der Waals surface area contributed by atoms with Crippen molar-refractivity contribution in [2.24, 2.45) is 5.92 Å². The normalized spacial score (nSPS) is 16.5. The summed E-state index contributed by atoms with van der Waals surface area (Å²) in [4.78, 5) is 19.3. The highest BCUT2D eigenvalue weighted by molar-refractivity contribution is 5.83. The van der Waals surface area contributed by atoms with Crippen molar-refractivity contribution in [1.29, 1.82) is 5.26 Å². The van der Waals surface area contributed by atoms with Crippen LogP contribution in [-0.4, -0.2) is 27.7 Å². The number of benzene rings is 1. The van der Waals surface area contributed by atoms with Crippen molar-refractivity contribution < 1.29 is 14.6 Å². The van der Waals surface area contributed by atoms with Gasteiger partial charge in [0.15, 0.2) is 11.6 Å². The SMILES string of the molecule is N#CC(=C(O)COC(=O)C1CCCCC1)c1nc2ccccc2[nH]1. The highest BCUT2D eigenvalue weighted by Crippen LogP contribution is 2.25. The number of rotatable bonds is 4. The lowest BCUT2D eigenvalue weighted by molar-refractivity contribution is -0.149. The zero-order valence-electron chi connectivity index (χ0n) is 13.3. The van der Waals surface area contributed by atoms with Crippen LogP contribution < -0.4 is 0 Å². The molecule has 1 aliphatic carbocycles. The fourth-order valence-electron chi connectivity index (χ4n) is 2.99. The number of aromatic amines is 1. The van der Waals surface area contributed by atoms with E-state index in [1.165, 1.54) is 0 Å². The second-order valence-electron chi connectivity index (χ2n) is 5.98. The number of allylic oxidation sites excluding steroid dienone is 1. The lowest BCUT2D eigenvalue weighted by Gasteiger charge is -2.19. The van der Waals surface area contributed by atoms with Crippen LogP contribution in [0.3, 0.4) is 0 Å². The summed E-state index contributed by atoms with van der Waals surface area (Å²) in [5.41, 5.74) is 1.46. The summed E-state index contributed by atoms with van der Waals surface area (Å²) in [6.45, 7) is -0.310. The number of imidazole rings is 1. The highest BCUT2D eigenvalue weighted by Gasteiger charge is 2.23. The molecule has 0 unspecified atom stereocenters. The Balaban J connectivity index is 1.73. The number of hydrogen-bond donors (Lipinski definition) is 2. The number of aliphatic hydroxyl groups excluding tert-OH is 1. The monoisotopic (exact) mass is 325 g/mol. The largest absolute Gasteiger partial charge is 0.507 e. The number of nitrogens with one attached hydrogen (secondary N) is 1. The second kappa shape index (κ2) is 7.18. The Kier molecular flexibility index (Phi) is 4.80. The first kappa shape index (κ1) is 16.1. The molecule has 3 rings (SSSR count). The number of para-hydroxylation sites is 2. The lowest BCUT2D eigenvalue weighted by Crippen LogP contribution is -2.21. The van der Waals surface area contributed by atoms with E-state index in [4.69, 9.17) is 4.74 Å². The minimum absolute atomic E-state index is 0.0114. The summed E-state index contributed by atoms with van der Waals surface area (Å²) in [5, 5.41) is 19.5. The summed E-state index contributed by atoms with van der Waals surface area (Å²) >= 11 is 0. The van der Waals surface area contributed by atoms with Crippen LogP contribution in [0.25, 0.3) is 16.6 Å². The fourth-order valence-corrected chi connectivity index (χ4v) is 2.99. The molecule has 1 aromatic carbocycles. The van der Waals surface area contributed by atoms with Crippen LogP contribution in [0.2, 0.25) is 0 Å². The van der Waals surface area contributed by atoms with Crippen LogP contribution in [0.1, 0.15) is 37.9 Å². The van der Waals surface area contributed by atoms with Gasteiger partial charge in [0.25, 0.3) is 0 Å². The zero-order chi connectivity index (χ0) is 16.9. The van der Waals surface area contributed by atoms with Gasteiger partial charge in [-0.3, -0.25) is 4.79 Å². The van der Waals surface area contributed by atoms with Gasteiger partial charge in [-0.15, -0.1) is 0 Å². The van der Waals surface area contributed by atoms with Crippen LogP contribution in [0, 0.1) is 17.2 Å². The molecule has 1 aromatic heterocycles. The molecule has 2 aromatic rings. The van der Waals surface area contributed by atoms with Gasteiger partial charge in [0.2, 0.25) is 0 Å². The lowest BCUT2D eigenvalue weighted by atomic mass is 9.89. The Bertz CT molecular complexity index is 777. The summed E-state index contributed by atoms with van der Waals surface area (Å²) < 4.78 is 5.18. The van der Waals surface area contributed by atoms with E-state index >= 15 is 0 Å². The quantitative estimate of drug-likeness (QED) is 0.509. The van der Waals surface area contributed by atoms with E-state index in [1.54, 1.807) is 0 Å². The van der Waals surface area contributed by atoms with Crippen molar-refractivity contribution in [3.05, 3.63) is 35.8 Å². The third-order valence-electron chi connectivity index (χ3n) is 4.32. The number of carbonyl (C=O) groups is 1. The molecule has 0 aliphatic heterocycles. The van der Waals surface area contributed by atoms with E-state index in [9.17, 15) is 15.2 Å². The van der Waals surface area contributed by atoms with E-state index in [2.05, 4.69) is 9.97 Å². The summed E-state index contributed by atoms with van der Waals surface area (Å²) in [5.74, 6) is -0.419. The number of H-pyrrole nitrogens is 1. The molecule has 0 atom stereocenters. The Morgan fingerprint density at radius 1 is 1.33 bits per heavy atom. The van der Waals surface area contributed by atoms with E-state index in [1.807, 2.05) is 30.3 Å². The summed E-state index contributed by atoms with van der Waals surface area (Å²) in [6, 6.07) is 9.27. The molecule has 0 saturated heterocycles. The molecule has 6 heteroatoms. The Morgan fingerprint density at radius 2 is 2.08 bits per heavy atom. The maximum absolute atomic E-state index is 12.0. The molecular weight excluding hydrogens is 306 g/mol. The average molecular weight is 325 g/mol. The Hall–Kier alpha value is -2.81. The van der Waals surface area contributed by atoms with Gasteiger partial charge in [-0.2, -0.15) is 5.26 Å². The van der Waals surface area contributed by atoms with E-state index < -0.39 is 0 Å².